The monoisotopic (exact) mass is 441 g/mol. The molecule has 3 aromatic carbocycles. The van der Waals surface area contributed by atoms with E-state index < -0.39 is 0 Å². The molecule has 0 aliphatic carbocycles. The van der Waals surface area contributed by atoms with Gasteiger partial charge in [-0.2, -0.15) is 15.0 Å². The van der Waals surface area contributed by atoms with Gasteiger partial charge in [-0.15, -0.1) is 0 Å². The van der Waals surface area contributed by atoms with Crippen molar-refractivity contribution < 1.29 is 4.74 Å². The van der Waals surface area contributed by atoms with Crippen molar-refractivity contribution in [2.24, 2.45) is 0 Å². The van der Waals surface area contributed by atoms with Crippen LogP contribution in [-0.4, -0.2) is 53.1 Å². The summed E-state index contributed by atoms with van der Waals surface area (Å²) in [6.45, 7) is 4.35. The number of nitrogens with one attached hydrogen (secondary N) is 1. The van der Waals surface area contributed by atoms with Crippen molar-refractivity contribution in [3.8, 4) is 5.75 Å². The molecule has 0 radical (unpaired) electrons. The Morgan fingerprint density at radius 2 is 1.64 bits per heavy atom. The molecule has 1 fully saturated rings. The fraction of sp³-hybridized carbons (Fsp3) is 0.240. The van der Waals surface area contributed by atoms with Crippen LogP contribution in [0, 0.1) is 0 Å². The van der Waals surface area contributed by atoms with E-state index in [0.717, 1.165) is 48.4 Å². The molecule has 0 spiro atoms. The molecule has 0 atom stereocenters. The number of aromatic nitrogens is 3. The summed E-state index contributed by atoms with van der Waals surface area (Å²) in [5, 5.41) is 5.58. The molecule has 33 heavy (non-hydrogen) atoms. The van der Waals surface area contributed by atoms with Gasteiger partial charge in [-0.3, -0.25) is 4.90 Å². The number of hydrogen-bond donors (Lipinski definition) is 2. The molecule has 8 nitrogen and oxygen atoms in total. The molecule has 4 aromatic rings. The van der Waals surface area contributed by atoms with Crippen LogP contribution in [0.5, 0.6) is 5.75 Å². The quantitative estimate of drug-likeness (QED) is 0.468. The number of nitrogens with zero attached hydrogens (tertiary/aromatic N) is 5. The SMILES string of the molecule is COc1ccc(N2CCN(Cc3nc(N)nc(Nc4cccc5ccccc45)n3)CC2)cc1. The van der Waals surface area contributed by atoms with Crippen molar-refractivity contribution >= 4 is 34.0 Å². The fourth-order valence-electron chi connectivity index (χ4n) is 4.18. The number of hydrogen-bond acceptors (Lipinski definition) is 8. The molecular formula is C25H27N7O. The first kappa shape index (κ1) is 21.0. The molecule has 1 saturated heterocycles. The lowest BCUT2D eigenvalue weighted by molar-refractivity contribution is 0.244. The molecule has 2 heterocycles. The predicted octanol–water partition coefficient (Wildman–Crippen LogP) is 3.68. The minimum atomic E-state index is 0.222. The first-order valence-corrected chi connectivity index (χ1v) is 11.0. The number of rotatable bonds is 6. The average Bonchev–Trinajstić information content (AvgIpc) is 2.84. The van der Waals surface area contributed by atoms with Gasteiger partial charge in [0.1, 0.15) is 11.6 Å². The maximum atomic E-state index is 6.01. The lowest BCUT2D eigenvalue weighted by atomic mass is 10.1. The van der Waals surface area contributed by atoms with E-state index in [0.29, 0.717) is 18.3 Å². The third-order valence-electron chi connectivity index (χ3n) is 5.91. The van der Waals surface area contributed by atoms with Crippen molar-refractivity contribution in [2.45, 2.75) is 6.54 Å². The molecule has 1 aromatic heterocycles. The highest BCUT2D eigenvalue weighted by atomic mass is 16.5. The summed E-state index contributed by atoms with van der Waals surface area (Å²) >= 11 is 0. The summed E-state index contributed by atoms with van der Waals surface area (Å²) < 4.78 is 5.26. The molecule has 5 rings (SSSR count). The fourth-order valence-corrected chi connectivity index (χ4v) is 4.18. The van der Waals surface area contributed by atoms with Crippen molar-refractivity contribution in [1.29, 1.82) is 0 Å². The van der Waals surface area contributed by atoms with E-state index >= 15 is 0 Å². The first-order chi connectivity index (χ1) is 16.2. The van der Waals surface area contributed by atoms with Gasteiger partial charge in [-0.05, 0) is 35.7 Å². The zero-order valence-corrected chi connectivity index (χ0v) is 18.6. The van der Waals surface area contributed by atoms with Crippen molar-refractivity contribution in [2.75, 3.05) is 49.2 Å². The van der Waals surface area contributed by atoms with Gasteiger partial charge in [0.2, 0.25) is 11.9 Å². The first-order valence-electron chi connectivity index (χ1n) is 11.0. The number of ether oxygens (including phenoxy) is 1. The summed E-state index contributed by atoms with van der Waals surface area (Å²) in [6.07, 6.45) is 0. The van der Waals surface area contributed by atoms with Crippen LogP contribution in [0.3, 0.4) is 0 Å². The Bertz CT molecular complexity index is 1230. The Labute approximate surface area is 193 Å². The second-order valence-electron chi connectivity index (χ2n) is 8.05. The normalized spacial score (nSPS) is 14.4. The number of anilines is 4. The molecule has 1 aliphatic rings. The van der Waals surface area contributed by atoms with Gasteiger partial charge in [0.25, 0.3) is 0 Å². The van der Waals surface area contributed by atoms with Crippen LogP contribution >= 0.6 is 0 Å². The van der Waals surface area contributed by atoms with E-state index in [1.165, 1.54) is 5.69 Å². The van der Waals surface area contributed by atoms with Crippen LogP contribution in [0.1, 0.15) is 5.82 Å². The molecule has 8 heteroatoms. The lowest BCUT2D eigenvalue weighted by Gasteiger charge is -2.35. The van der Waals surface area contributed by atoms with Gasteiger partial charge in [-0.1, -0.05) is 36.4 Å². The van der Waals surface area contributed by atoms with Crippen LogP contribution in [0.4, 0.5) is 23.3 Å². The van der Waals surface area contributed by atoms with Gasteiger partial charge in [-0.25, -0.2) is 0 Å². The van der Waals surface area contributed by atoms with Crippen LogP contribution in [0.25, 0.3) is 10.8 Å². The van der Waals surface area contributed by atoms with E-state index in [9.17, 15) is 0 Å². The highest BCUT2D eigenvalue weighted by Gasteiger charge is 2.19. The van der Waals surface area contributed by atoms with Crippen molar-refractivity contribution in [3.05, 3.63) is 72.6 Å². The summed E-state index contributed by atoms with van der Waals surface area (Å²) in [5.74, 6) is 2.23. The van der Waals surface area contributed by atoms with Gasteiger partial charge < -0.3 is 20.7 Å². The third-order valence-corrected chi connectivity index (χ3v) is 5.91. The second kappa shape index (κ2) is 9.30. The minimum Gasteiger partial charge on any atom is -0.497 e. The summed E-state index contributed by atoms with van der Waals surface area (Å²) in [5.41, 5.74) is 8.17. The Morgan fingerprint density at radius 1 is 0.879 bits per heavy atom. The van der Waals surface area contributed by atoms with Gasteiger partial charge in [0.15, 0.2) is 0 Å². The maximum Gasteiger partial charge on any atom is 0.232 e. The highest BCUT2D eigenvalue weighted by molar-refractivity contribution is 5.94. The molecule has 0 amide bonds. The highest BCUT2D eigenvalue weighted by Crippen LogP contribution is 2.25. The average molecular weight is 442 g/mol. The van der Waals surface area contributed by atoms with Crippen LogP contribution < -0.4 is 20.7 Å². The molecule has 1 aliphatic heterocycles. The Hall–Kier alpha value is -3.91. The Balaban J connectivity index is 1.25. The number of nitrogens with two attached hydrogens (primary N) is 1. The summed E-state index contributed by atoms with van der Waals surface area (Å²) in [6, 6.07) is 22.5. The number of nitrogen functional groups attached to an aromatic ring is 1. The van der Waals surface area contributed by atoms with Gasteiger partial charge in [0.05, 0.1) is 13.7 Å². The maximum absolute atomic E-state index is 6.01. The molecular weight excluding hydrogens is 414 g/mol. The van der Waals surface area contributed by atoms with E-state index in [4.69, 9.17) is 10.5 Å². The van der Waals surface area contributed by atoms with Crippen LogP contribution in [0.15, 0.2) is 66.7 Å². The summed E-state index contributed by atoms with van der Waals surface area (Å²) in [4.78, 5) is 18.0. The van der Waals surface area contributed by atoms with Gasteiger partial charge in [0, 0.05) is 42.9 Å². The smallest absolute Gasteiger partial charge is 0.232 e. The van der Waals surface area contributed by atoms with E-state index in [1.807, 2.05) is 36.4 Å². The number of benzene rings is 3. The largest absolute Gasteiger partial charge is 0.497 e. The van der Waals surface area contributed by atoms with Crippen molar-refractivity contribution in [3.63, 3.8) is 0 Å². The van der Waals surface area contributed by atoms with Crippen LogP contribution in [-0.2, 0) is 6.54 Å². The molecule has 0 saturated carbocycles. The molecule has 0 bridgehead atoms. The Morgan fingerprint density at radius 3 is 2.42 bits per heavy atom. The van der Waals surface area contributed by atoms with E-state index in [2.05, 4.69) is 60.4 Å². The zero-order valence-electron chi connectivity index (χ0n) is 18.6. The van der Waals surface area contributed by atoms with E-state index in [-0.39, 0.29) is 5.95 Å². The number of fused-ring (bicyclic) bond motifs is 1. The van der Waals surface area contributed by atoms with E-state index in [1.54, 1.807) is 7.11 Å². The Kier molecular flexibility index (Phi) is 5.91. The lowest BCUT2D eigenvalue weighted by Crippen LogP contribution is -2.46. The standard InChI is InChI=1S/C25H27N7O/c1-33-20-11-9-19(10-12-20)32-15-13-31(14-16-32)17-23-28-24(26)30-25(29-23)27-22-8-4-6-18-5-2-3-7-21(18)22/h2-12H,13-17H2,1H3,(H3,26,27,28,29,30). The predicted molar refractivity (Wildman–Crippen MR) is 132 cm³/mol. The number of piperazine rings is 1. The topological polar surface area (TPSA) is 92.4 Å². The molecule has 3 N–H and O–H groups in total. The molecule has 168 valence electrons. The second-order valence-corrected chi connectivity index (χ2v) is 8.05. The van der Waals surface area contributed by atoms with Crippen molar-refractivity contribution in [1.82, 2.24) is 19.9 Å². The molecule has 0 unspecified atom stereocenters. The zero-order chi connectivity index (χ0) is 22.6. The third kappa shape index (κ3) is 4.80. The van der Waals surface area contributed by atoms with Crippen LogP contribution in [0.2, 0.25) is 0 Å². The summed E-state index contributed by atoms with van der Waals surface area (Å²) in [7, 11) is 1.69. The number of methoxy groups -OCH3 is 1. The van der Waals surface area contributed by atoms with Gasteiger partial charge >= 0.3 is 0 Å². The minimum absolute atomic E-state index is 0.222.